The van der Waals surface area contributed by atoms with Crippen molar-refractivity contribution in [1.82, 2.24) is 9.55 Å². The van der Waals surface area contributed by atoms with E-state index in [1.807, 2.05) is 0 Å². The van der Waals surface area contributed by atoms with Crippen LogP contribution >= 0.6 is 11.6 Å². The summed E-state index contributed by atoms with van der Waals surface area (Å²) in [6, 6.07) is 0. The molecule has 1 aromatic heterocycles. The Labute approximate surface area is 176 Å². The summed E-state index contributed by atoms with van der Waals surface area (Å²) >= 11 is 6.10. The predicted octanol–water partition coefficient (Wildman–Crippen LogP) is 1.58. The lowest BCUT2D eigenvalue weighted by molar-refractivity contribution is -0.168. The molecule has 1 unspecified atom stereocenters. The van der Waals surface area contributed by atoms with E-state index in [2.05, 4.69) is 9.72 Å². The van der Waals surface area contributed by atoms with Gasteiger partial charge in [0.1, 0.15) is 5.60 Å². The Morgan fingerprint density at radius 2 is 2.03 bits per heavy atom. The van der Waals surface area contributed by atoms with Gasteiger partial charge in [-0.05, 0) is 6.42 Å². The molecule has 1 saturated heterocycles. The fraction of sp³-hybridized carbons (Fsp3) is 0.667. The number of nitrogens with zero attached hydrogens (tertiary/aromatic N) is 2. The number of hydrogen-bond acceptors (Lipinski definition) is 8. The van der Waals surface area contributed by atoms with E-state index in [1.54, 1.807) is 13.8 Å². The summed E-state index contributed by atoms with van der Waals surface area (Å²) in [5.41, 5.74) is 2.51. The summed E-state index contributed by atoms with van der Waals surface area (Å²) in [6.07, 6.45) is -4.94. The van der Waals surface area contributed by atoms with Gasteiger partial charge in [0.2, 0.25) is 0 Å². The molecule has 9 nitrogen and oxygen atoms in total. The van der Waals surface area contributed by atoms with Crippen LogP contribution in [0.4, 0.5) is 14.6 Å². The van der Waals surface area contributed by atoms with Crippen LogP contribution in [-0.2, 0) is 23.8 Å². The summed E-state index contributed by atoms with van der Waals surface area (Å²) in [6.45, 7) is 4.60. The highest BCUT2D eigenvalue weighted by molar-refractivity contribution is 6.18. The zero-order valence-electron chi connectivity index (χ0n) is 16.9. The number of anilines is 1. The van der Waals surface area contributed by atoms with Crippen molar-refractivity contribution in [2.75, 3.05) is 18.7 Å². The van der Waals surface area contributed by atoms with Crippen LogP contribution in [0, 0.1) is 17.7 Å². The molecule has 0 saturated carbocycles. The molecule has 2 rings (SSSR count). The lowest BCUT2D eigenvalue weighted by atomic mass is 9.87. The number of esters is 2. The van der Waals surface area contributed by atoms with Crippen molar-refractivity contribution in [2.24, 2.45) is 11.8 Å². The maximum absolute atomic E-state index is 15.5. The smallest absolute Gasteiger partial charge is 0.351 e. The molecule has 1 fully saturated rings. The van der Waals surface area contributed by atoms with Gasteiger partial charge in [0.25, 0.3) is 0 Å². The molecular weight excluding hydrogens is 428 g/mol. The molecule has 0 bridgehead atoms. The zero-order valence-corrected chi connectivity index (χ0v) is 17.7. The molecule has 30 heavy (non-hydrogen) atoms. The lowest BCUT2D eigenvalue weighted by Gasteiger charge is -2.33. The van der Waals surface area contributed by atoms with E-state index in [9.17, 15) is 18.8 Å². The van der Waals surface area contributed by atoms with Gasteiger partial charge in [-0.2, -0.15) is 4.98 Å². The van der Waals surface area contributed by atoms with E-state index in [1.165, 1.54) is 14.0 Å². The Bertz CT molecular complexity index is 867. The number of alkyl halides is 2. The van der Waals surface area contributed by atoms with E-state index >= 15 is 4.39 Å². The third kappa shape index (κ3) is 4.56. The summed E-state index contributed by atoms with van der Waals surface area (Å²) in [4.78, 5) is 39.6. The number of nitrogen functional groups attached to an aromatic ring is 1. The molecule has 2 N–H and O–H groups in total. The molecular formula is C18H24ClF2N3O6. The second-order valence-corrected chi connectivity index (χ2v) is 7.72. The highest BCUT2D eigenvalue weighted by Crippen LogP contribution is 2.45. The van der Waals surface area contributed by atoms with Gasteiger partial charge in [0.05, 0.1) is 31.0 Å². The first-order chi connectivity index (χ1) is 14.0. The van der Waals surface area contributed by atoms with Crippen molar-refractivity contribution in [3.63, 3.8) is 0 Å². The number of ether oxygens (including phenoxy) is 3. The number of hydrogen-bond donors (Lipinski definition) is 1. The molecule has 168 valence electrons. The normalized spacial score (nSPS) is 27.1. The van der Waals surface area contributed by atoms with Gasteiger partial charge in [-0.15, -0.1) is 11.6 Å². The van der Waals surface area contributed by atoms with Crippen molar-refractivity contribution in [2.45, 2.75) is 51.3 Å². The minimum absolute atomic E-state index is 0.185. The van der Waals surface area contributed by atoms with Crippen LogP contribution in [0.15, 0.2) is 11.0 Å². The third-order valence-corrected chi connectivity index (χ3v) is 5.29. The second kappa shape index (κ2) is 9.25. The molecule has 1 aromatic rings. The maximum atomic E-state index is 15.5. The van der Waals surface area contributed by atoms with Crippen molar-refractivity contribution in [3.8, 4) is 0 Å². The van der Waals surface area contributed by atoms with E-state index < -0.39 is 65.2 Å². The van der Waals surface area contributed by atoms with Gasteiger partial charge in [-0.3, -0.25) is 14.2 Å². The van der Waals surface area contributed by atoms with Crippen molar-refractivity contribution < 1.29 is 32.6 Å². The first kappa shape index (κ1) is 24.0. The van der Waals surface area contributed by atoms with Crippen LogP contribution < -0.4 is 11.4 Å². The van der Waals surface area contributed by atoms with Gasteiger partial charge < -0.3 is 19.9 Å². The van der Waals surface area contributed by atoms with Gasteiger partial charge >= 0.3 is 17.6 Å². The molecule has 2 heterocycles. The Kier molecular flexibility index (Phi) is 7.40. The largest absolute Gasteiger partial charge is 0.469 e. The molecule has 0 amide bonds. The Hall–Kier alpha value is -2.27. The van der Waals surface area contributed by atoms with Crippen LogP contribution in [0.3, 0.4) is 0 Å². The van der Waals surface area contributed by atoms with Gasteiger partial charge in [0.15, 0.2) is 30.1 Å². The number of aromatic nitrogens is 2. The molecule has 5 atom stereocenters. The summed E-state index contributed by atoms with van der Waals surface area (Å²) in [7, 11) is 1.18. The zero-order chi connectivity index (χ0) is 22.8. The first-order valence-corrected chi connectivity index (χ1v) is 9.71. The lowest BCUT2D eigenvalue weighted by Crippen LogP contribution is -2.49. The molecule has 0 aromatic carbocycles. The number of halogens is 3. The minimum atomic E-state index is -2.11. The third-order valence-electron chi connectivity index (χ3n) is 4.84. The highest BCUT2D eigenvalue weighted by atomic mass is 35.5. The SMILES string of the molecule is COC(=O)C(C)C[C@@]1(CCl)O[C@@H](n2cc(F)c(N)nc2=O)[C@@H](F)[C@@H]1OC(=O)C(C)C. The predicted molar refractivity (Wildman–Crippen MR) is 102 cm³/mol. The van der Waals surface area contributed by atoms with Crippen LogP contribution in [-0.4, -0.2) is 52.4 Å². The average Bonchev–Trinajstić information content (AvgIpc) is 2.96. The summed E-state index contributed by atoms with van der Waals surface area (Å²) in [5, 5.41) is 0. The number of rotatable bonds is 7. The maximum Gasteiger partial charge on any atom is 0.351 e. The van der Waals surface area contributed by atoms with Crippen molar-refractivity contribution in [1.29, 1.82) is 0 Å². The van der Waals surface area contributed by atoms with Crippen molar-refractivity contribution in [3.05, 3.63) is 22.5 Å². The highest BCUT2D eigenvalue weighted by Gasteiger charge is 2.59. The topological polar surface area (TPSA) is 123 Å². The van der Waals surface area contributed by atoms with Gasteiger partial charge in [-0.1, -0.05) is 20.8 Å². The molecule has 12 heteroatoms. The second-order valence-electron chi connectivity index (χ2n) is 7.46. The van der Waals surface area contributed by atoms with Crippen LogP contribution in [0.25, 0.3) is 0 Å². The minimum Gasteiger partial charge on any atom is -0.469 e. The number of carbonyl (C=O) groups is 2. The Morgan fingerprint density at radius 3 is 2.57 bits per heavy atom. The van der Waals surface area contributed by atoms with Crippen LogP contribution in [0.5, 0.6) is 0 Å². The summed E-state index contributed by atoms with van der Waals surface area (Å²) < 4.78 is 45.7. The molecule has 1 aliphatic rings. The standard InChI is InChI=1S/C18H24ClF2N3O6/c1-8(2)15(25)29-12-11(21)14(24-6-10(20)13(22)23-17(24)27)30-18(12,7-19)5-9(3)16(26)28-4/h6,8-9,11-12,14H,5,7H2,1-4H3,(H2,22,23,27)/t9?,11-,12-,14+,18-/m0/s1. The van der Waals surface area contributed by atoms with Gasteiger partial charge in [-0.25, -0.2) is 13.6 Å². The summed E-state index contributed by atoms with van der Waals surface area (Å²) in [5.74, 6) is -4.86. The van der Waals surface area contributed by atoms with E-state index in [4.69, 9.17) is 26.8 Å². The Balaban J connectivity index is 2.52. The van der Waals surface area contributed by atoms with Crippen molar-refractivity contribution >= 4 is 29.4 Å². The number of carbonyl (C=O) groups excluding carboxylic acids is 2. The molecule has 0 radical (unpaired) electrons. The van der Waals surface area contributed by atoms with Crippen LogP contribution in [0.2, 0.25) is 0 Å². The van der Waals surface area contributed by atoms with Gasteiger partial charge in [0, 0.05) is 0 Å². The van der Waals surface area contributed by atoms with E-state index in [-0.39, 0.29) is 12.3 Å². The number of methoxy groups -OCH3 is 1. The fourth-order valence-electron chi connectivity index (χ4n) is 3.23. The number of nitrogens with two attached hydrogens (primary N) is 1. The molecule has 0 aliphatic carbocycles. The first-order valence-electron chi connectivity index (χ1n) is 9.17. The average molecular weight is 452 g/mol. The Morgan fingerprint density at radius 1 is 1.40 bits per heavy atom. The fourth-order valence-corrected chi connectivity index (χ4v) is 3.55. The van der Waals surface area contributed by atoms with Crippen LogP contribution in [0.1, 0.15) is 33.4 Å². The van der Waals surface area contributed by atoms with E-state index in [0.29, 0.717) is 10.8 Å². The quantitative estimate of drug-likeness (QED) is 0.489. The van der Waals surface area contributed by atoms with E-state index in [0.717, 1.165) is 0 Å². The molecule has 1 aliphatic heterocycles. The molecule has 0 spiro atoms. The monoisotopic (exact) mass is 451 g/mol.